The van der Waals surface area contributed by atoms with Crippen molar-refractivity contribution in [2.45, 2.75) is 34.6 Å². The summed E-state index contributed by atoms with van der Waals surface area (Å²) in [6, 6.07) is 0. The average Bonchev–Trinajstić information content (AvgIpc) is 2.07. The van der Waals surface area contributed by atoms with Crippen molar-refractivity contribution in [1.29, 1.82) is 0 Å². The topological polar surface area (TPSA) is 0 Å². The van der Waals surface area contributed by atoms with Gasteiger partial charge in [-0.2, -0.15) is 0 Å². The van der Waals surface area contributed by atoms with Crippen molar-refractivity contribution in [2.75, 3.05) is 0 Å². The Bertz CT molecular complexity index is 205. The van der Waals surface area contributed by atoms with Crippen LogP contribution in [0, 0.1) is 5.92 Å². The van der Waals surface area contributed by atoms with Crippen molar-refractivity contribution >= 4 is 0 Å². The Balaban J connectivity index is -0.000000333. The Morgan fingerprint density at radius 2 is 1.00 bits per heavy atom. The summed E-state index contributed by atoms with van der Waals surface area (Å²) in [4.78, 5) is 0. The molecular weight excluding hydrogens is 370 g/mol. The minimum absolute atomic E-state index is 0. The van der Waals surface area contributed by atoms with Crippen molar-refractivity contribution < 1.29 is 50.7 Å². The van der Waals surface area contributed by atoms with E-state index < -0.39 is 0 Å². The van der Waals surface area contributed by atoms with E-state index in [0.29, 0.717) is 5.92 Å². The molecule has 0 aromatic carbocycles. The van der Waals surface area contributed by atoms with E-state index in [0.717, 1.165) is 0 Å². The Morgan fingerprint density at radius 1 is 0.769 bits per heavy atom. The van der Waals surface area contributed by atoms with Gasteiger partial charge < -0.3 is 24.8 Å². The molecule has 0 nitrogen and oxygen atoms in total. The zero-order valence-electron chi connectivity index (χ0n) is 8.83. The molecule has 0 aliphatic heterocycles. The molecule has 3 heteroatoms. The summed E-state index contributed by atoms with van der Waals surface area (Å²) < 4.78 is 0. The molecule has 1 aliphatic carbocycles. The van der Waals surface area contributed by atoms with Crippen molar-refractivity contribution in [3.8, 4) is 0 Å². The molecule has 0 N–H and O–H groups in total. The molecule has 1 aliphatic rings. The van der Waals surface area contributed by atoms with Crippen molar-refractivity contribution in [3.05, 3.63) is 22.3 Å². The predicted octanol–water partition coefficient (Wildman–Crippen LogP) is -2.69. The summed E-state index contributed by atoms with van der Waals surface area (Å²) >= 11 is 0. The maximum atomic E-state index is 2.28. The summed E-state index contributed by atoms with van der Waals surface area (Å²) in [6.45, 7) is 11.2. The third-order valence-corrected chi connectivity index (χ3v) is 3.04. The molecule has 13 heavy (non-hydrogen) atoms. The zero-order valence-corrected chi connectivity index (χ0v) is 13.9. The van der Waals surface area contributed by atoms with Crippen LogP contribution in [0.1, 0.15) is 34.6 Å². The fourth-order valence-electron chi connectivity index (χ4n) is 1.57. The van der Waals surface area contributed by atoms with Gasteiger partial charge in [0.2, 0.25) is 0 Å². The summed E-state index contributed by atoms with van der Waals surface area (Å²) in [7, 11) is 0. The van der Waals surface area contributed by atoms with Crippen molar-refractivity contribution in [3.63, 3.8) is 0 Å². The molecule has 0 aromatic heterocycles. The number of allylic oxidation sites excluding steroid dienone is 4. The van der Waals surface area contributed by atoms with E-state index in [9.17, 15) is 0 Å². The fourth-order valence-corrected chi connectivity index (χ4v) is 1.57. The first-order valence-electron chi connectivity index (χ1n) is 3.90. The average molecular weight is 386 g/mol. The van der Waals surface area contributed by atoms with Crippen LogP contribution in [0.15, 0.2) is 22.3 Å². The molecular formula is C10H16Cl2Hf-2. The van der Waals surface area contributed by atoms with Gasteiger partial charge in [0.05, 0.1) is 0 Å². The second kappa shape index (κ2) is 7.25. The monoisotopic (exact) mass is 386 g/mol. The van der Waals surface area contributed by atoms with Crippen LogP contribution in [0.2, 0.25) is 0 Å². The van der Waals surface area contributed by atoms with E-state index in [2.05, 4.69) is 34.6 Å². The maximum Gasteiger partial charge on any atom is 0 e. The minimum atomic E-state index is 0. The summed E-state index contributed by atoms with van der Waals surface area (Å²) in [5.41, 5.74) is 6.11. The molecule has 0 atom stereocenters. The van der Waals surface area contributed by atoms with Gasteiger partial charge in [-0.15, -0.1) is 0 Å². The van der Waals surface area contributed by atoms with Gasteiger partial charge in [-0.25, -0.2) is 0 Å². The Kier molecular flexibility index (Phi) is 10.9. The smallest absolute Gasteiger partial charge is 0 e. The van der Waals surface area contributed by atoms with E-state index in [1.54, 1.807) is 11.1 Å². The molecule has 0 radical (unpaired) electrons. The maximum absolute atomic E-state index is 2.28. The van der Waals surface area contributed by atoms with Crippen molar-refractivity contribution in [2.24, 2.45) is 5.92 Å². The molecule has 1 rings (SSSR count). The third-order valence-electron chi connectivity index (χ3n) is 3.04. The van der Waals surface area contributed by atoms with Crippen LogP contribution in [0.5, 0.6) is 0 Å². The Morgan fingerprint density at radius 3 is 1.08 bits per heavy atom. The standard InChI is InChI=1S/C10H16.2ClH.Hf/c1-6-7(2)9(4)10(5)8(6)3;;;/h6H,1-5H3;2*1H;/p-2. The third kappa shape index (κ3) is 3.53. The zero-order chi connectivity index (χ0) is 7.89. The number of hydrogen-bond acceptors (Lipinski definition) is 0. The first kappa shape index (κ1) is 19.5. The van der Waals surface area contributed by atoms with Gasteiger partial charge in [-0.1, -0.05) is 18.1 Å². The van der Waals surface area contributed by atoms with Crippen LogP contribution in [-0.4, -0.2) is 0 Å². The molecule has 0 unspecified atom stereocenters. The quantitative estimate of drug-likeness (QED) is 0.399. The Labute approximate surface area is 113 Å². The predicted molar refractivity (Wildman–Crippen MR) is 45.9 cm³/mol. The van der Waals surface area contributed by atoms with Crippen LogP contribution in [-0.2, 0) is 25.8 Å². The second-order valence-electron chi connectivity index (χ2n) is 3.34. The number of hydrogen-bond donors (Lipinski definition) is 0. The van der Waals surface area contributed by atoms with Gasteiger partial charge in [0.15, 0.2) is 0 Å². The fraction of sp³-hybridized carbons (Fsp3) is 0.600. The Hall–Kier alpha value is 0.930. The summed E-state index contributed by atoms with van der Waals surface area (Å²) in [5, 5.41) is 0. The van der Waals surface area contributed by atoms with Gasteiger partial charge in [-0.05, 0) is 44.8 Å². The van der Waals surface area contributed by atoms with E-state index in [4.69, 9.17) is 0 Å². The molecule has 76 valence electrons. The van der Waals surface area contributed by atoms with Crippen LogP contribution in [0.3, 0.4) is 0 Å². The SMILES string of the molecule is CC1=C(C)C(C)C(C)=C1C.[Cl-].[Cl-].[Hf]. The summed E-state index contributed by atoms with van der Waals surface area (Å²) in [5.74, 6) is 0.694. The van der Waals surface area contributed by atoms with Crippen LogP contribution in [0.4, 0.5) is 0 Å². The summed E-state index contributed by atoms with van der Waals surface area (Å²) in [6.07, 6.45) is 0. The van der Waals surface area contributed by atoms with Gasteiger partial charge >= 0.3 is 0 Å². The van der Waals surface area contributed by atoms with Crippen LogP contribution < -0.4 is 24.8 Å². The molecule has 0 heterocycles. The van der Waals surface area contributed by atoms with E-state index in [1.165, 1.54) is 11.1 Å². The van der Waals surface area contributed by atoms with Gasteiger partial charge in [0.25, 0.3) is 0 Å². The van der Waals surface area contributed by atoms with Crippen molar-refractivity contribution in [1.82, 2.24) is 0 Å². The minimum Gasteiger partial charge on any atom is -1.00 e. The van der Waals surface area contributed by atoms with Crippen LogP contribution in [0.25, 0.3) is 0 Å². The second-order valence-corrected chi connectivity index (χ2v) is 3.34. The van der Waals surface area contributed by atoms with Crippen LogP contribution >= 0.6 is 0 Å². The van der Waals surface area contributed by atoms with Gasteiger partial charge in [-0.3, -0.25) is 0 Å². The first-order valence-corrected chi connectivity index (χ1v) is 3.90. The van der Waals surface area contributed by atoms with Gasteiger partial charge in [0, 0.05) is 25.8 Å². The number of rotatable bonds is 0. The van der Waals surface area contributed by atoms with E-state index in [-0.39, 0.29) is 50.7 Å². The van der Waals surface area contributed by atoms with E-state index in [1.807, 2.05) is 0 Å². The normalized spacial score (nSPS) is 16.4. The largest absolute Gasteiger partial charge is 1.00 e. The number of halogens is 2. The molecule has 0 saturated carbocycles. The molecule has 0 saturated heterocycles. The first-order chi connectivity index (χ1) is 4.55. The molecule has 0 fully saturated rings. The molecule has 0 spiro atoms. The molecule has 0 bridgehead atoms. The molecule has 0 amide bonds. The van der Waals surface area contributed by atoms with E-state index >= 15 is 0 Å². The molecule has 0 aromatic rings. The van der Waals surface area contributed by atoms with Gasteiger partial charge in [0.1, 0.15) is 0 Å².